The largest absolute Gasteiger partial charge is 0.477 e. The van der Waals surface area contributed by atoms with E-state index < -0.39 is 29.1 Å². The lowest BCUT2D eigenvalue weighted by Crippen LogP contribution is -2.46. The number of hydrogen-bond donors (Lipinski definition) is 2. The summed E-state index contributed by atoms with van der Waals surface area (Å²) in [6.45, 7) is 2.12. The minimum absolute atomic E-state index is 0.0143. The van der Waals surface area contributed by atoms with Gasteiger partial charge in [0.25, 0.3) is 0 Å². The number of aromatic nitrogens is 2. The zero-order chi connectivity index (χ0) is 20.4. The second-order valence-electron chi connectivity index (χ2n) is 6.86. The fourth-order valence-corrected chi connectivity index (χ4v) is 3.34. The van der Waals surface area contributed by atoms with Gasteiger partial charge in [0, 0.05) is 29.9 Å². The molecule has 3 rings (SSSR count). The van der Waals surface area contributed by atoms with E-state index in [0.29, 0.717) is 41.0 Å². The number of carbonyl (C=O) groups excluding carboxylic acids is 1. The molecule has 28 heavy (non-hydrogen) atoms. The number of amides is 1. The molecule has 0 saturated heterocycles. The lowest BCUT2D eigenvalue weighted by molar-refractivity contribution is -0.267. The van der Waals surface area contributed by atoms with E-state index in [0.717, 1.165) is 12.8 Å². The van der Waals surface area contributed by atoms with Crippen molar-refractivity contribution >= 4 is 17.2 Å². The van der Waals surface area contributed by atoms with E-state index in [4.69, 9.17) is 4.74 Å². The normalized spacial score (nSPS) is 16.5. The second kappa shape index (κ2) is 8.04. The standard InChI is InChI=1S/C18H20F3N3O3S/c1-11-10-28-16(24-11)17(26,18(19,20)21)6-14(25)22-7-13-4-5-15(23-8-13)27-9-12-2-3-12/h4-5,8,10,12,26H,2-3,6-7,9H2,1H3,(H,22,25). The van der Waals surface area contributed by atoms with Crippen LogP contribution in [0.15, 0.2) is 23.7 Å². The quantitative estimate of drug-likeness (QED) is 0.692. The maximum atomic E-state index is 13.4. The van der Waals surface area contributed by atoms with Gasteiger partial charge in [0.1, 0.15) is 5.01 Å². The van der Waals surface area contributed by atoms with Crippen LogP contribution in [0.1, 0.15) is 35.5 Å². The summed E-state index contributed by atoms with van der Waals surface area (Å²) in [5, 5.41) is 13.4. The summed E-state index contributed by atoms with van der Waals surface area (Å²) in [5.41, 5.74) is -2.37. The first-order chi connectivity index (χ1) is 13.2. The van der Waals surface area contributed by atoms with Gasteiger partial charge in [-0.2, -0.15) is 13.2 Å². The SMILES string of the molecule is Cc1csc(C(O)(CC(=O)NCc2ccc(OCC3CC3)nc2)C(F)(F)F)n1. The summed E-state index contributed by atoms with van der Waals surface area (Å²) >= 11 is 0.667. The minimum Gasteiger partial charge on any atom is -0.477 e. The number of halogens is 3. The highest BCUT2D eigenvalue weighted by atomic mass is 32.1. The van der Waals surface area contributed by atoms with E-state index in [-0.39, 0.29) is 6.54 Å². The molecule has 0 bridgehead atoms. The van der Waals surface area contributed by atoms with Gasteiger partial charge in [0.15, 0.2) is 0 Å². The Balaban J connectivity index is 1.57. The number of ether oxygens (including phenoxy) is 1. The van der Waals surface area contributed by atoms with Crippen molar-refractivity contribution in [3.05, 3.63) is 40.0 Å². The van der Waals surface area contributed by atoms with Gasteiger partial charge in [-0.15, -0.1) is 11.3 Å². The minimum atomic E-state index is -5.03. The van der Waals surface area contributed by atoms with Crippen LogP contribution in [0, 0.1) is 12.8 Å². The Labute approximate surface area is 163 Å². The average molecular weight is 415 g/mol. The van der Waals surface area contributed by atoms with Crippen molar-refractivity contribution in [2.45, 2.75) is 44.5 Å². The summed E-state index contributed by atoms with van der Waals surface area (Å²) < 4.78 is 45.7. The Hall–Kier alpha value is -2.20. The molecule has 152 valence electrons. The van der Waals surface area contributed by atoms with Crippen LogP contribution in [-0.2, 0) is 16.9 Å². The first kappa shape index (κ1) is 20.5. The van der Waals surface area contributed by atoms with E-state index in [1.54, 1.807) is 12.1 Å². The highest BCUT2D eigenvalue weighted by Gasteiger charge is 2.58. The van der Waals surface area contributed by atoms with Crippen LogP contribution in [0.4, 0.5) is 13.2 Å². The number of rotatable bonds is 8. The highest BCUT2D eigenvalue weighted by molar-refractivity contribution is 7.09. The molecule has 1 aliphatic carbocycles. The molecule has 10 heteroatoms. The maximum Gasteiger partial charge on any atom is 0.424 e. The summed E-state index contributed by atoms with van der Waals surface area (Å²) in [4.78, 5) is 19.9. The molecule has 1 atom stereocenters. The van der Waals surface area contributed by atoms with Gasteiger partial charge in [0.2, 0.25) is 17.4 Å². The Morgan fingerprint density at radius 1 is 1.39 bits per heavy atom. The van der Waals surface area contributed by atoms with E-state index >= 15 is 0 Å². The maximum absolute atomic E-state index is 13.4. The molecule has 0 aromatic carbocycles. The van der Waals surface area contributed by atoms with Crippen molar-refractivity contribution in [3.8, 4) is 5.88 Å². The van der Waals surface area contributed by atoms with Crippen LogP contribution in [0.5, 0.6) is 5.88 Å². The van der Waals surface area contributed by atoms with Crippen molar-refractivity contribution in [3.63, 3.8) is 0 Å². The monoisotopic (exact) mass is 415 g/mol. The Morgan fingerprint density at radius 3 is 2.68 bits per heavy atom. The lowest BCUT2D eigenvalue weighted by Gasteiger charge is -2.27. The van der Waals surface area contributed by atoms with Crippen LogP contribution >= 0.6 is 11.3 Å². The number of thiazole rings is 1. The summed E-state index contributed by atoms with van der Waals surface area (Å²) in [6.07, 6.45) is -2.39. The predicted molar refractivity (Wildman–Crippen MR) is 95.7 cm³/mol. The molecule has 0 spiro atoms. The zero-order valence-corrected chi connectivity index (χ0v) is 15.9. The molecule has 2 aromatic heterocycles. The number of carbonyl (C=O) groups is 1. The number of pyridine rings is 1. The number of nitrogens with one attached hydrogen (secondary N) is 1. The van der Waals surface area contributed by atoms with Crippen LogP contribution in [0.3, 0.4) is 0 Å². The van der Waals surface area contributed by atoms with E-state index in [2.05, 4.69) is 15.3 Å². The molecule has 1 amide bonds. The van der Waals surface area contributed by atoms with Gasteiger partial charge in [-0.3, -0.25) is 4.79 Å². The summed E-state index contributed by atoms with van der Waals surface area (Å²) in [5.74, 6) is 0.115. The van der Waals surface area contributed by atoms with Gasteiger partial charge in [-0.05, 0) is 31.2 Å². The molecule has 0 radical (unpaired) electrons. The Kier molecular flexibility index (Phi) is 5.90. The number of nitrogens with zero attached hydrogens (tertiary/aromatic N) is 2. The van der Waals surface area contributed by atoms with Crippen LogP contribution < -0.4 is 10.1 Å². The van der Waals surface area contributed by atoms with Gasteiger partial charge >= 0.3 is 6.18 Å². The van der Waals surface area contributed by atoms with Crippen molar-refractivity contribution < 1.29 is 27.8 Å². The molecule has 6 nitrogen and oxygen atoms in total. The third-order valence-electron chi connectivity index (χ3n) is 4.31. The average Bonchev–Trinajstić information content (AvgIpc) is 3.36. The Morgan fingerprint density at radius 2 is 2.14 bits per heavy atom. The molecule has 2 N–H and O–H groups in total. The summed E-state index contributed by atoms with van der Waals surface area (Å²) in [7, 11) is 0. The van der Waals surface area contributed by atoms with Crippen molar-refractivity contribution in [1.82, 2.24) is 15.3 Å². The van der Waals surface area contributed by atoms with Crippen molar-refractivity contribution in [2.24, 2.45) is 5.92 Å². The van der Waals surface area contributed by atoms with Crippen LogP contribution in [0.2, 0.25) is 0 Å². The predicted octanol–water partition coefficient (Wildman–Crippen LogP) is 3.09. The lowest BCUT2D eigenvalue weighted by atomic mass is 9.99. The fraction of sp³-hybridized carbons (Fsp3) is 0.500. The molecule has 0 aliphatic heterocycles. The summed E-state index contributed by atoms with van der Waals surface area (Å²) in [6, 6.07) is 3.32. The van der Waals surface area contributed by atoms with Gasteiger partial charge in [-0.1, -0.05) is 6.07 Å². The second-order valence-corrected chi connectivity index (χ2v) is 7.72. The third kappa shape index (κ3) is 4.99. The number of aliphatic hydroxyl groups is 1. The third-order valence-corrected chi connectivity index (χ3v) is 5.42. The zero-order valence-electron chi connectivity index (χ0n) is 15.1. The van der Waals surface area contributed by atoms with E-state index in [1.807, 2.05) is 0 Å². The van der Waals surface area contributed by atoms with E-state index in [1.165, 1.54) is 18.5 Å². The van der Waals surface area contributed by atoms with Gasteiger partial charge < -0.3 is 15.2 Å². The molecule has 1 fully saturated rings. The molecule has 1 aliphatic rings. The smallest absolute Gasteiger partial charge is 0.424 e. The highest BCUT2D eigenvalue weighted by Crippen LogP contribution is 2.42. The Bertz CT molecular complexity index is 821. The molecule has 1 unspecified atom stereocenters. The number of alkyl halides is 3. The molecular formula is C18H20F3N3O3S. The van der Waals surface area contributed by atoms with Crippen LogP contribution in [0.25, 0.3) is 0 Å². The molecule has 1 saturated carbocycles. The van der Waals surface area contributed by atoms with Crippen molar-refractivity contribution in [2.75, 3.05) is 6.61 Å². The van der Waals surface area contributed by atoms with Gasteiger partial charge in [-0.25, -0.2) is 9.97 Å². The molecule has 2 aromatic rings. The molecular weight excluding hydrogens is 395 g/mol. The fourth-order valence-electron chi connectivity index (χ4n) is 2.43. The number of hydrogen-bond acceptors (Lipinski definition) is 6. The van der Waals surface area contributed by atoms with Crippen LogP contribution in [-0.4, -0.2) is 33.8 Å². The first-order valence-electron chi connectivity index (χ1n) is 8.73. The number of aryl methyl sites for hydroxylation is 1. The topological polar surface area (TPSA) is 84.3 Å². The molecule has 2 heterocycles. The first-order valence-corrected chi connectivity index (χ1v) is 9.61. The van der Waals surface area contributed by atoms with Crippen molar-refractivity contribution in [1.29, 1.82) is 0 Å². The van der Waals surface area contributed by atoms with Gasteiger partial charge in [0.05, 0.1) is 13.0 Å². The van der Waals surface area contributed by atoms with E-state index in [9.17, 15) is 23.1 Å².